The second kappa shape index (κ2) is 5.00. The number of amides is 3. The average molecular weight is 246 g/mol. The largest absolute Gasteiger partial charge is 0.327 e. The number of ketones is 1. The van der Waals surface area contributed by atoms with Crippen LogP contribution in [0.3, 0.4) is 0 Å². The Labute approximate surface area is 105 Å². The van der Waals surface area contributed by atoms with Crippen molar-refractivity contribution in [2.45, 2.75) is 6.92 Å². The summed E-state index contributed by atoms with van der Waals surface area (Å²) in [6.07, 6.45) is 0. The zero-order valence-corrected chi connectivity index (χ0v) is 10.1. The molecule has 0 aliphatic carbocycles. The number of Topliss-reactive ketones (excluding diaryl/α,β-unsaturated/α-hetero) is 1. The highest BCUT2D eigenvalue weighted by Crippen LogP contribution is 2.10. The van der Waals surface area contributed by atoms with Crippen LogP contribution in [0.2, 0.25) is 0 Å². The van der Waals surface area contributed by atoms with Crippen LogP contribution >= 0.6 is 0 Å². The Hall–Kier alpha value is -2.17. The van der Waals surface area contributed by atoms with Crippen LogP contribution in [0.1, 0.15) is 17.3 Å². The van der Waals surface area contributed by atoms with Gasteiger partial charge < -0.3 is 4.90 Å². The Bertz CT molecular complexity index is 484. The van der Waals surface area contributed by atoms with Crippen molar-refractivity contribution in [2.75, 3.05) is 19.6 Å². The van der Waals surface area contributed by atoms with Crippen LogP contribution in [-0.2, 0) is 4.79 Å². The van der Waals surface area contributed by atoms with Crippen LogP contribution in [0, 0.1) is 0 Å². The molecule has 0 atom stereocenters. The van der Waals surface area contributed by atoms with Crippen molar-refractivity contribution >= 4 is 17.7 Å². The van der Waals surface area contributed by atoms with Crippen molar-refractivity contribution in [1.29, 1.82) is 0 Å². The highest BCUT2D eigenvalue weighted by molar-refractivity contribution is 6.01. The van der Waals surface area contributed by atoms with Gasteiger partial charge >= 0.3 is 6.03 Å². The number of carbonyl (C=O) groups excluding carboxylic acids is 3. The zero-order valence-electron chi connectivity index (χ0n) is 10.1. The van der Waals surface area contributed by atoms with Crippen LogP contribution in [0.4, 0.5) is 4.79 Å². The van der Waals surface area contributed by atoms with E-state index in [0.717, 1.165) is 4.90 Å². The molecule has 0 spiro atoms. The van der Waals surface area contributed by atoms with E-state index in [9.17, 15) is 14.4 Å². The molecule has 1 fully saturated rings. The number of imide groups is 1. The summed E-state index contributed by atoms with van der Waals surface area (Å²) in [6, 6.07) is 8.43. The van der Waals surface area contributed by atoms with Crippen LogP contribution in [-0.4, -0.2) is 47.2 Å². The fourth-order valence-electron chi connectivity index (χ4n) is 1.91. The first-order valence-corrected chi connectivity index (χ1v) is 5.75. The maximum absolute atomic E-state index is 11.9. The molecule has 94 valence electrons. The quantitative estimate of drug-likeness (QED) is 0.752. The van der Waals surface area contributed by atoms with Gasteiger partial charge in [0, 0.05) is 25.6 Å². The lowest BCUT2D eigenvalue weighted by atomic mass is 10.1. The van der Waals surface area contributed by atoms with E-state index < -0.39 is 0 Å². The van der Waals surface area contributed by atoms with E-state index in [0.29, 0.717) is 18.7 Å². The van der Waals surface area contributed by atoms with Gasteiger partial charge in [0.2, 0.25) is 5.91 Å². The third-order valence-electron chi connectivity index (χ3n) is 2.91. The van der Waals surface area contributed by atoms with E-state index in [1.807, 2.05) is 6.07 Å². The van der Waals surface area contributed by atoms with E-state index in [1.165, 1.54) is 11.8 Å². The second-order valence-corrected chi connectivity index (χ2v) is 4.16. The molecule has 18 heavy (non-hydrogen) atoms. The Balaban J connectivity index is 2.02. The number of benzene rings is 1. The third kappa shape index (κ3) is 2.40. The van der Waals surface area contributed by atoms with Crippen LogP contribution < -0.4 is 0 Å². The molecule has 1 saturated heterocycles. The smallest absolute Gasteiger partial charge is 0.315 e. The molecule has 0 N–H and O–H groups in total. The Morgan fingerprint density at radius 1 is 1.17 bits per heavy atom. The number of hydrogen-bond donors (Lipinski definition) is 0. The lowest BCUT2D eigenvalue weighted by Crippen LogP contribution is -2.37. The number of carbonyl (C=O) groups is 3. The Morgan fingerprint density at radius 2 is 1.83 bits per heavy atom. The first-order valence-electron chi connectivity index (χ1n) is 5.75. The summed E-state index contributed by atoms with van der Waals surface area (Å²) in [5.41, 5.74) is 0.576. The highest BCUT2D eigenvalue weighted by Gasteiger charge is 2.32. The molecule has 0 saturated carbocycles. The maximum atomic E-state index is 11.9. The Kier molecular flexibility index (Phi) is 3.41. The van der Waals surface area contributed by atoms with E-state index in [4.69, 9.17) is 0 Å². The van der Waals surface area contributed by atoms with Gasteiger partial charge in [-0.2, -0.15) is 0 Å². The molecule has 1 aliphatic rings. The Morgan fingerprint density at radius 3 is 2.39 bits per heavy atom. The summed E-state index contributed by atoms with van der Waals surface area (Å²) in [5, 5.41) is 0. The van der Waals surface area contributed by atoms with E-state index >= 15 is 0 Å². The predicted molar refractivity (Wildman–Crippen MR) is 65.1 cm³/mol. The van der Waals surface area contributed by atoms with Crippen molar-refractivity contribution < 1.29 is 14.4 Å². The minimum atomic E-state index is -0.383. The molecule has 5 nitrogen and oxygen atoms in total. The van der Waals surface area contributed by atoms with Crippen LogP contribution in [0.5, 0.6) is 0 Å². The molecule has 0 bridgehead atoms. The van der Waals surface area contributed by atoms with Crippen molar-refractivity contribution in [2.24, 2.45) is 0 Å². The van der Waals surface area contributed by atoms with Gasteiger partial charge in [-0.3, -0.25) is 14.5 Å². The number of nitrogens with zero attached hydrogens (tertiary/aromatic N) is 2. The summed E-state index contributed by atoms with van der Waals surface area (Å²) in [7, 11) is 0. The van der Waals surface area contributed by atoms with Gasteiger partial charge in [0.15, 0.2) is 5.78 Å². The fourth-order valence-corrected chi connectivity index (χ4v) is 1.91. The van der Waals surface area contributed by atoms with Gasteiger partial charge in [-0.05, 0) is 0 Å². The van der Waals surface area contributed by atoms with Gasteiger partial charge in [0.25, 0.3) is 0 Å². The number of urea groups is 1. The molecule has 1 aromatic rings. The topological polar surface area (TPSA) is 57.7 Å². The van der Waals surface area contributed by atoms with Gasteiger partial charge in [-0.15, -0.1) is 0 Å². The molecule has 3 amide bonds. The molecule has 0 unspecified atom stereocenters. The first kappa shape index (κ1) is 12.3. The van der Waals surface area contributed by atoms with Crippen molar-refractivity contribution in [3.63, 3.8) is 0 Å². The predicted octanol–water partition coefficient (Wildman–Crippen LogP) is 1.15. The molecule has 1 heterocycles. The zero-order chi connectivity index (χ0) is 13.1. The fraction of sp³-hybridized carbons (Fsp3) is 0.308. The molecule has 1 aromatic carbocycles. The van der Waals surface area contributed by atoms with E-state index in [1.54, 1.807) is 24.3 Å². The molecule has 5 heteroatoms. The lowest BCUT2D eigenvalue weighted by Gasteiger charge is -2.15. The summed E-state index contributed by atoms with van der Waals surface area (Å²) < 4.78 is 0. The molecule has 1 aliphatic heterocycles. The number of rotatable bonds is 3. The monoisotopic (exact) mass is 246 g/mol. The standard InChI is InChI=1S/C13H14N2O3/c1-10(16)15-8-7-14(13(15)18)9-12(17)11-5-3-2-4-6-11/h2-6H,7-9H2,1H3. The van der Waals surface area contributed by atoms with Gasteiger partial charge in [0.05, 0.1) is 6.54 Å². The molecular formula is C13H14N2O3. The van der Waals surface area contributed by atoms with E-state index in [2.05, 4.69) is 0 Å². The summed E-state index contributed by atoms with van der Waals surface area (Å²) >= 11 is 0. The molecular weight excluding hydrogens is 232 g/mol. The van der Waals surface area contributed by atoms with Gasteiger partial charge in [0.1, 0.15) is 0 Å². The summed E-state index contributed by atoms with van der Waals surface area (Å²) in [6.45, 7) is 2.14. The minimum absolute atomic E-state index is 0.0205. The van der Waals surface area contributed by atoms with Crippen molar-refractivity contribution in [3.05, 3.63) is 35.9 Å². The number of hydrogen-bond acceptors (Lipinski definition) is 3. The summed E-state index contributed by atoms with van der Waals surface area (Å²) in [5.74, 6) is -0.399. The molecule has 0 aromatic heterocycles. The van der Waals surface area contributed by atoms with Gasteiger partial charge in [-0.25, -0.2) is 4.79 Å². The molecule has 2 rings (SSSR count). The minimum Gasteiger partial charge on any atom is -0.315 e. The first-order chi connectivity index (χ1) is 8.59. The summed E-state index contributed by atoms with van der Waals surface area (Å²) in [4.78, 5) is 37.4. The van der Waals surface area contributed by atoms with Crippen LogP contribution in [0.15, 0.2) is 30.3 Å². The van der Waals surface area contributed by atoms with Crippen molar-refractivity contribution in [1.82, 2.24) is 9.80 Å². The van der Waals surface area contributed by atoms with Crippen molar-refractivity contribution in [3.8, 4) is 0 Å². The highest BCUT2D eigenvalue weighted by atomic mass is 16.2. The van der Waals surface area contributed by atoms with Crippen LogP contribution in [0.25, 0.3) is 0 Å². The average Bonchev–Trinajstić information content (AvgIpc) is 2.72. The third-order valence-corrected chi connectivity index (χ3v) is 2.91. The SMILES string of the molecule is CC(=O)N1CCN(CC(=O)c2ccccc2)C1=O. The lowest BCUT2D eigenvalue weighted by molar-refractivity contribution is -0.125. The molecule has 0 radical (unpaired) electrons. The second-order valence-electron chi connectivity index (χ2n) is 4.16. The normalized spacial score (nSPS) is 15.1. The maximum Gasteiger partial charge on any atom is 0.327 e. The van der Waals surface area contributed by atoms with Gasteiger partial charge in [-0.1, -0.05) is 30.3 Å². The van der Waals surface area contributed by atoms with E-state index in [-0.39, 0.29) is 24.3 Å².